The Labute approximate surface area is 125 Å². The maximum absolute atomic E-state index is 11.5. The van der Waals surface area contributed by atoms with Crippen LogP contribution in [0.3, 0.4) is 0 Å². The smallest absolute Gasteiger partial charge is 0.225 e. The molecule has 3 unspecified atom stereocenters. The third kappa shape index (κ3) is 3.38. The highest BCUT2D eigenvalue weighted by molar-refractivity contribution is 7.14. The van der Waals surface area contributed by atoms with Crippen LogP contribution in [0.1, 0.15) is 46.2 Å². The summed E-state index contributed by atoms with van der Waals surface area (Å²) in [6.45, 7) is 9.70. The van der Waals surface area contributed by atoms with Gasteiger partial charge in [-0.3, -0.25) is 9.69 Å². The van der Waals surface area contributed by atoms with Crippen LogP contribution in [-0.2, 0) is 11.3 Å². The number of carbonyl (C=O) groups excluding carboxylic acids is 1. The minimum atomic E-state index is 0.0552. The van der Waals surface area contributed by atoms with Crippen molar-refractivity contribution in [3.63, 3.8) is 0 Å². The van der Waals surface area contributed by atoms with E-state index in [1.54, 1.807) is 23.2 Å². The topological polar surface area (TPSA) is 45.2 Å². The number of nitrogens with one attached hydrogen (secondary N) is 1. The molecule has 1 saturated carbocycles. The minimum Gasteiger partial charge on any atom is -0.308 e. The Balaban J connectivity index is 1.91. The van der Waals surface area contributed by atoms with Crippen molar-refractivity contribution in [1.82, 2.24) is 10.3 Å². The summed E-state index contributed by atoms with van der Waals surface area (Å²) < 4.78 is 0. The number of hydrogen-bond acceptors (Lipinski definition) is 4. The van der Waals surface area contributed by atoms with Gasteiger partial charge in [-0.05, 0) is 31.6 Å². The summed E-state index contributed by atoms with van der Waals surface area (Å²) in [6, 6.07) is 0.602. The minimum absolute atomic E-state index is 0.0552. The van der Waals surface area contributed by atoms with Crippen LogP contribution in [0.5, 0.6) is 0 Å². The van der Waals surface area contributed by atoms with Crippen LogP contribution in [0, 0.1) is 11.8 Å². The number of carbonyl (C=O) groups is 1. The molecule has 1 aromatic heterocycles. The molecule has 1 aromatic rings. The van der Waals surface area contributed by atoms with E-state index in [1.807, 2.05) is 6.92 Å². The number of hydrogen-bond donors (Lipinski definition) is 1. The average molecular weight is 295 g/mol. The maximum Gasteiger partial charge on any atom is 0.225 e. The molecule has 4 nitrogen and oxygen atoms in total. The molecule has 3 atom stereocenters. The molecule has 0 saturated heterocycles. The Morgan fingerprint density at radius 3 is 2.80 bits per heavy atom. The van der Waals surface area contributed by atoms with Crippen LogP contribution in [0.25, 0.3) is 0 Å². The van der Waals surface area contributed by atoms with Gasteiger partial charge in [0.2, 0.25) is 5.91 Å². The van der Waals surface area contributed by atoms with Crippen LogP contribution in [0.15, 0.2) is 5.38 Å². The molecule has 1 fully saturated rings. The van der Waals surface area contributed by atoms with Crippen molar-refractivity contribution >= 4 is 22.4 Å². The first-order valence-electron chi connectivity index (χ1n) is 7.48. The van der Waals surface area contributed by atoms with Gasteiger partial charge in [0.05, 0.1) is 5.69 Å². The second-order valence-electron chi connectivity index (χ2n) is 5.79. The quantitative estimate of drug-likeness (QED) is 0.908. The lowest BCUT2D eigenvalue weighted by molar-refractivity contribution is -0.116. The van der Waals surface area contributed by atoms with Crippen molar-refractivity contribution in [2.75, 3.05) is 11.4 Å². The molecule has 112 valence electrons. The molecule has 1 aliphatic carbocycles. The van der Waals surface area contributed by atoms with Crippen LogP contribution in [0.4, 0.5) is 5.13 Å². The van der Waals surface area contributed by atoms with Gasteiger partial charge in [-0.15, -0.1) is 11.3 Å². The average Bonchev–Trinajstić information content (AvgIpc) is 2.98. The lowest BCUT2D eigenvalue weighted by atomic mass is 9.98. The van der Waals surface area contributed by atoms with Crippen LogP contribution in [0.2, 0.25) is 0 Å². The molecule has 0 aliphatic heterocycles. The Morgan fingerprint density at radius 2 is 2.25 bits per heavy atom. The van der Waals surface area contributed by atoms with Gasteiger partial charge >= 0.3 is 0 Å². The number of anilines is 1. The van der Waals surface area contributed by atoms with E-state index >= 15 is 0 Å². The molecule has 0 radical (unpaired) electrons. The molecule has 1 aliphatic rings. The third-order valence-corrected chi connectivity index (χ3v) is 5.39. The molecule has 1 heterocycles. The summed E-state index contributed by atoms with van der Waals surface area (Å²) in [6.07, 6.45) is 2.57. The van der Waals surface area contributed by atoms with E-state index in [1.165, 1.54) is 12.8 Å². The highest BCUT2D eigenvalue weighted by atomic mass is 32.1. The van der Waals surface area contributed by atoms with Crippen molar-refractivity contribution in [2.24, 2.45) is 11.8 Å². The van der Waals surface area contributed by atoms with Gasteiger partial charge < -0.3 is 5.32 Å². The molecule has 2 rings (SSSR count). The number of thiazole rings is 1. The van der Waals surface area contributed by atoms with E-state index in [-0.39, 0.29) is 5.91 Å². The fourth-order valence-corrected chi connectivity index (χ4v) is 3.81. The van der Waals surface area contributed by atoms with E-state index in [9.17, 15) is 4.79 Å². The van der Waals surface area contributed by atoms with Gasteiger partial charge in [-0.25, -0.2) is 4.98 Å². The molecular formula is C15H25N3OS. The summed E-state index contributed by atoms with van der Waals surface area (Å²) in [7, 11) is 0. The number of nitrogens with zero attached hydrogens (tertiary/aromatic N) is 2. The Kier molecular flexibility index (Phi) is 5.16. The molecule has 1 N–H and O–H groups in total. The Hall–Kier alpha value is -0.940. The SMILES string of the molecule is CCN(C(C)=O)c1nc(CNC2CCC(C)C2C)cs1. The summed E-state index contributed by atoms with van der Waals surface area (Å²) in [5, 5.41) is 6.48. The monoisotopic (exact) mass is 295 g/mol. The van der Waals surface area contributed by atoms with Gasteiger partial charge in [0.15, 0.2) is 5.13 Å². The summed E-state index contributed by atoms with van der Waals surface area (Å²) >= 11 is 1.55. The fraction of sp³-hybridized carbons (Fsp3) is 0.733. The van der Waals surface area contributed by atoms with Crippen molar-refractivity contribution < 1.29 is 4.79 Å². The van der Waals surface area contributed by atoms with E-state index in [0.29, 0.717) is 12.6 Å². The molecular weight excluding hydrogens is 270 g/mol. The standard InChI is InChI=1S/C15H25N3OS/c1-5-18(12(4)19)15-17-13(9-20-15)8-16-14-7-6-10(2)11(14)3/h9-11,14,16H,5-8H2,1-4H3. The maximum atomic E-state index is 11.5. The summed E-state index contributed by atoms with van der Waals surface area (Å²) in [5.74, 6) is 1.60. The summed E-state index contributed by atoms with van der Waals surface area (Å²) in [5.41, 5.74) is 1.04. The lowest BCUT2D eigenvalue weighted by Gasteiger charge is -2.19. The van der Waals surface area contributed by atoms with Crippen LogP contribution in [-0.4, -0.2) is 23.5 Å². The van der Waals surface area contributed by atoms with E-state index in [0.717, 1.165) is 29.2 Å². The molecule has 0 aromatic carbocycles. The zero-order valence-corrected chi connectivity index (χ0v) is 13.7. The van der Waals surface area contributed by atoms with E-state index in [4.69, 9.17) is 0 Å². The van der Waals surface area contributed by atoms with Crippen LogP contribution < -0.4 is 10.2 Å². The predicted octanol–water partition coefficient (Wildman–Crippen LogP) is 3.04. The first-order valence-corrected chi connectivity index (χ1v) is 8.36. The molecule has 0 spiro atoms. The van der Waals surface area contributed by atoms with Crippen molar-refractivity contribution in [1.29, 1.82) is 0 Å². The predicted molar refractivity (Wildman–Crippen MR) is 84.0 cm³/mol. The number of rotatable bonds is 5. The van der Waals surface area contributed by atoms with Crippen molar-refractivity contribution in [3.05, 3.63) is 11.1 Å². The van der Waals surface area contributed by atoms with Crippen LogP contribution >= 0.6 is 11.3 Å². The van der Waals surface area contributed by atoms with Crippen molar-refractivity contribution in [2.45, 2.75) is 53.1 Å². The highest BCUT2D eigenvalue weighted by Gasteiger charge is 2.29. The molecule has 1 amide bonds. The Morgan fingerprint density at radius 1 is 1.50 bits per heavy atom. The third-order valence-electron chi connectivity index (χ3n) is 4.48. The van der Waals surface area contributed by atoms with Gasteiger partial charge in [0, 0.05) is 31.4 Å². The fourth-order valence-electron chi connectivity index (χ4n) is 2.88. The zero-order valence-electron chi connectivity index (χ0n) is 12.8. The lowest BCUT2D eigenvalue weighted by Crippen LogP contribution is -2.32. The first kappa shape index (κ1) is 15.4. The van der Waals surface area contributed by atoms with Gasteiger partial charge in [0.1, 0.15) is 0 Å². The normalized spacial score (nSPS) is 25.9. The van der Waals surface area contributed by atoms with Gasteiger partial charge in [-0.2, -0.15) is 0 Å². The van der Waals surface area contributed by atoms with Crippen molar-refractivity contribution in [3.8, 4) is 0 Å². The zero-order chi connectivity index (χ0) is 14.7. The Bertz CT molecular complexity index is 460. The van der Waals surface area contributed by atoms with Gasteiger partial charge in [0.25, 0.3) is 0 Å². The largest absolute Gasteiger partial charge is 0.308 e. The highest BCUT2D eigenvalue weighted by Crippen LogP contribution is 2.31. The second-order valence-corrected chi connectivity index (χ2v) is 6.62. The number of aromatic nitrogens is 1. The molecule has 0 bridgehead atoms. The van der Waals surface area contributed by atoms with E-state index < -0.39 is 0 Å². The molecule has 5 heteroatoms. The van der Waals surface area contributed by atoms with E-state index in [2.05, 4.69) is 29.5 Å². The summed E-state index contributed by atoms with van der Waals surface area (Å²) in [4.78, 5) is 17.8. The number of amides is 1. The molecule has 20 heavy (non-hydrogen) atoms. The second kappa shape index (κ2) is 6.68. The first-order chi connectivity index (χ1) is 9.52. The van der Waals surface area contributed by atoms with Gasteiger partial charge in [-0.1, -0.05) is 13.8 Å².